The molecule has 0 radical (unpaired) electrons. The lowest BCUT2D eigenvalue weighted by Gasteiger charge is -2.31. The van der Waals surface area contributed by atoms with Crippen LogP contribution in [0.15, 0.2) is 0 Å². The van der Waals surface area contributed by atoms with Gasteiger partial charge in [-0.2, -0.15) is 0 Å². The number of imide groups is 1. The SMILES string of the molecule is CN1C(=O)NC(=O)[C@H](O)[C@@H]1O. The maximum absolute atomic E-state index is 10.7. The summed E-state index contributed by atoms with van der Waals surface area (Å²) in [5.41, 5.74) is 0. The van der Waals surface area contributed by atoms with Gasteiger partial charge in [0.1, 0.15) is 0 Å². The van der Waals surface area contributed by atoms with Gasteiger partial charge in [-0.15, -0.1) is 0 Å². The molecule has 0 spiro atoms. The fraction of sp³-hybridized carbons (Fsp3) is 0.600. The number of likely N-dealkylation sites (N-methyl/N-ethyl adjacent to an activating group) is 1. The molecular weight excluding hydrogens is 152 g/mol. The fourth-order valence-electron chi connectivity index (χ4n) is 0.735. The van der Waals surface area contributed by atoms with Gasteiger partial charge >= 0.3 is 6.03 Å². The summed E-state index contributed by atoms with van der Waals surface area (Å²) in [5, 5.41) is 19.7. The van der Waals surface area contributed by atoms with E-state index in [1.165, 1.54) is 7.05 Å². The van der Waals surface area contributed by atoms with Crippen molar-refractivity contribution >= 4 is 11.9 Å². The van der Waals surface area contributed by atoms with Crippen molar-refractivity contribution in [2.45, 2.75) is 12.3 Å². The normalized spacial score (nSPS) is 32.1. The van der Waals surface area contributed by atoms with Crippen molar-refractivity contribution in [3.63, 3.8) is 0 Å². The summed E-state index contributed by atoms with van der Waals surface area (Å²) in [6, 6.07) is -0.715. The molecule has 2 atom stereocenters. The largest absolute Gasteiger partial charge is 0.379 e. The van der Waals surface area contributed by atoms with Gasteiger partial charge in [0.05, 0.1) is 0 Å². The topological polar surface area (TPSA) is 89.9 Å². The number of nitrogens with one attached hydrogen (secondary N) is 1. The van der Waals surface area contributed by atoms with Crippen LogP contribution < -0.4 is 5.32 Å². The lowest BCUT2D eigenvalue weighted by atomic mass is 10.2. The number of hydrogen-bond acceptors (Lipinski definition) is 4. The molecular formula is C5H8N2O4. The Morgan fingerprint density at radius 3 is 2.55 bits per heavy atom. The molecule has 0 aromatic carbocycles. The second-order valence-electron chi connectivity index (χ2n) is 2.26. The van der Waals surface area contributed by atoms with E-state index in [1.54, 1.807) is 0 Å². The number of carbonyl (C=O) groups excluding carboxylic acids is 2. The van der Waals surface area contributed by atoms with Crippen molar-refractivity contribution in [1.82, 2.24) is 10.2 Å². The average Bonchev–Trinajstić information content (AvgIpc) is 1.97. The van der Waals surface area contributed by atoms with Gasteiger partial charge in [0.25, 0.3) is 5.91 Å². The first-order valence-corrected chi connectivity index (χ1v) is 2.98. The number of amides is 3. The van der Waals surface area contributed by atoms with Gasteiger partial charge < -0.3 is 10.2 Å². The van der Waals surface area contributed by atoms with E-state index < -0.39 is 24.3 Å². The Morgan fingerprint density at radius 1 is 1.45 bits per heavy atom. The van der Waals surface area contributed by atoms with E-state index in [0.717, 1.165) is 4.90 Å². The number of aliphatic hydroxyl groups excluding tert-OH is 2. The highest BCUT2D eigenvalue weighted by atomic mass is 16.4. The predicted octanol–water partition coefficient (Wildman–Crippen LogP) is -2.15. The first-order valence-electron chi connectivity index (χ1n) is 2.98. The molecule has 6 heteroatoms. The van der Waals surface area contributed by atoms with E-state index in [4.69, 9.17) is 10.2 Å². The van der Waals surface area contributed by atoms with Gasteiger partial charge in [0, 0.05) is 7.05 Å². The number of carbonyl (C=O) groups is 2. The number of rotatable bonds is 0. The number of nitrogens with zero attached hydrogens (tertiary/aromatic N) is 1. The Kier molecular flexibility index (Phi) is 1.79. The van der Waals surface area contributed by atoms with Crippen molar-refractivity contribution in [1.29, 1.82) is 0 Å². The molecule has 0 aliphatic carbocycles. The van der Waals surface area contributed by atoms with Crippen LogP contribution in [0.4, 0.5) is 4.79 Å². The molecule has 0 unspecified atom stereocenters. The van der Waals surface area contributed by atoms with Crippen molar-refractivity contribution in [3.8, 4) is 0 Å². The Labute approximate surface area is 62.4 Å². The molecule has 0 bridgehead atoms. The second-order valence-corrected chi connectivity index (χ2v) is 2.26. The maximum atomic E-state index is 10.7. The van der Waals surface area contributed by atoms with Crippen LogP contribution in [0.5, 0.6) is 0 Å². The minimum atomic E-state index is -1.56. The van der Waals surface area contributed by atoms with Crippen LogP contribution in [0.1, 0.15) is 0 Å². The van der Waals surface area contributed by atoms with Gasteiger partial charge in [0.2, 0.25) is 0 Å². The average molecular weight is 160 g/mol. The van der Waals surface area contributed by atoms with Crippen LogP contribution in [0.3, 0.4) is 0 Å². The smallest absolute Gasteiger partial charge is 0.326 e. The van der Waals surface area contributed by atoms with Crippen molar-refractivity contribution < 1.29 is 19.8 Å². The molecule has 0 aromatic heterocycles. The molecule has 1 rings (SSSR count). The summed E-state index contributed by atoms with van der Waals surface area (Å²) < 4.78 is 0. The van der Waals surface area contributed by atoms with Crippen LogP contribution in [-0.4, -0.2) is 46.4 Å². The fourth-order valence-corrected chi connectivity index (χ4v) is 0.735. The monoisotopic (exact) mass is 160 g/mol. The van der Waals surface area contributed by atoms with Crippen molar-refractivity contribution in [2.75, 3.05) is 7.05 Å². The Balaban J connectivity index is 2.78. The van der Waals surface area contributed by atoms with Crippen molar-refractivity contribution in [2.24, 2.45) is 0 Å². The van der Waals surface area contributed by atoms with E-state index in [-0.39, 0.29) is 0 Å². The molecule has 1 aliphatic heterocycles. The quantitative estimate of drug-likeness (QED) is 0.377. The first-order chi connectivity index (χ1) is 5.04. The molecule has 0 aromatic rings. The van der Waals surface area contributed by atoms with E-state index in [2.05, 4.69) is 0 Å². The minimum Gasteiger partial charge on any atom is -0.379 e. The van der Waals surface area contributed by atoms with Gasteiger partial charge in [-0.1, -0.05) is 0 Å². The molecule has 3 amide bonds. The van der Waals surface area contributed by atoms with Crippen LogP contribution >= 0.6 is 0 Å². The van der Waals surface area contributed by atoms with Crippen LogP contribution in [0.2, 0.25) is 0 Å². The zero-order valence-corrected chi connectivity index (χ0v) is 5.81. The van der Waals surface area contributed by atoms with Gasteiger partial charge in [-0.05, 0) is 0 Å². The molecule has 1 saturated heterocycles. The third-order valence-electron chi connectivity index (χ3n) is 1.50. The predicted molar refractivity (Wildman–Crippen MR) is 33.3 cm³/mol. The van der Waals surface area contributed by atoms with E-state index in [9.17, 15) is 9.59 Å². The van der Waals surface area contributed by atoms with Gasteiger partial charge in [-0.25, -0.2) is 4.79 Å². The Morgan fingerprint density at radius 2 is 2.00 bits per heavy atom. The van der Waals surface area contributed by atoms with Gasteiger partial charge in [0.15, 0.2) is 12.3 Å². The molecule has 62 valence electrons. The highest BCUT2D eigenvalue weighted by Gasteiger charge is 2.36. The highest BCUT2D eigenvalue weighted by Crippen LogP contribution is 2.05. The summed E-state index contributed by atoms with van der Waals surface area (Å²) in [7, 11) is 1.27. The molecule has 0 saturated carbocycles. The molecule has 3 N–H and O–H groups in total. The van der Waals surface area contributed by atoms with E-state index in [1.807, 2.05) is 5.32 Å². The highest BCUT2D eigenvalue weighted by molar-refractivity contribution is 5.99. The Bertz CT molecular complexity index is 185. The summed E-state index contributed by atoms with van der Waals surface area (Å²) in [6.07, 6.45) is -3.01. The first kappa shape index (κ1) is 7.96. The standard InChI is InChI=1S/C5H8N2O4/c1-7-4(10)2(8)3(9)6-5(7)11/h2,4,8,10H,1H3,(H,6,9,11)/t2-,4-/m0/s1. The molecule has 6 nitrogen and oxygen atoms in total. The molecule has 11 heavy (non-hydrogen) atoms. The van der Waals surface area contributed by atoms with Crippen molar-refractivity contribution in [3.05, 3.63) is 0 Å². The summed E-state index contributed by atoms with van der Waals surface area (Å²) in [6.45, 7) is 0. The van der Waals surface area contributed by atoms with E-state index >= 15 is 0 Å². The summed E-state index contributed by atoms with van der Waals surface area (Å²) in [5.74, 6) is -0.874. The summed E-state index contributed by atoms with van der Waals surface area (Å²) in [4.78, 5) is 22.1. The van der Waals surface area contributed by atoms with Crippen LogP contribution in [-0.2, 0) is 4.79 Å². The zero-order chi connectivity index (χ0) is 8.59. The van der Waals surface area contributed by atoms with Gasteiger partial charge in [-0.3, -0.25) is 15.0 Å². The molecule has 1 aliphatic rings. The molecule has 1 heterocycles. The number of urea groups is 1. The van der Waals surface area contributed by atoms with Crippen LogP contribution in [0, 0.1) is 0 Å². The van der Waals surface area contributed by atoms with E-state index in [0.29, 0.717) is 0 Å². The zero-order valence-electron chi connectivity index (χ0n) is 5.81. The minimum absolute atomic E-state index is 0.715. The number of aliphatic hydroxyl groups is 2. The van der Waals surface area contributed by atoms with Crippen LogP contribution in [0.25, 0.3) is 0 Å². The lowest BCUT2D eigenvalue weighted by molar-refractivity contribution is -0.145. The maximum Gasteiger partial charge on any atom is 0.326 e. The second kappa shape index (κ2) is 2.48. The lowest BCUT2D eigenvalue weighted by Crippen LogP contribution is -2.61. The number of hydrogen-bond donors (Lipinski definition) is 3. The third kappa shape index (κ3) is 1.17. The molecule has 1 fully saturated rings. The Hall–Kier alpha value is -1.14. The summed E-state index contributed by atoms with van der Waals surface area (Å²) >= 11 is 0. The third-order valence-corrected chi connectivity index (χ3v) is 1.50.